The molecule has 0 amide bonds. The maximum Gasteiger partial charge on any atom is 0.240 e. The van der Waals surface area contributed by atoms with Gasteiger partial charge in [-0.15, -0.1) is 11.7 Å². The molecule has 0 radical (unpaired) electrons. The van der Waals surface area contributed by atoms with E-state index in [0.29, 0.717) is 13.1 Å². The topological polar surface area (TPSA) is 0 Å². The van der Waals surface area contributed by atoms with Crippen LogP contribution in [-0.2, 0) is 5.41 Å². The summed E-state index contributed by atoms with van der Waals surface area (Å²) < 4.78 is 0. The van der Waals surface area contributed by atoms with E-state index in [4.69, 9.17) is 0 Å². The van der Waals surface area contributed by atoms with Crippen molar-refractivity contribution in [3.05, 3.63) is 220 Å². The standard InChI is InChI=1S/C50H44B2.C2H6/c1-7-37(39-22-15-16-23-40(31-39)38-20-12-10-13-21-38)27-28-42(8-2)52(44-32-41(34-51(6)35-44)45-24-14-9-11-19-36(45)3)43-29-30-49-47(33-43)46-25-17-18-26-48(46)50(49,4)5;1-2/h7-10,12-14,17-22,24-33,35H,1-2,23,34H2,3-6H3;1-2H3/b37-27+,42-28+;. The van der Waals surface area contributed by atoms with Crippen molar-refractivity contribution in [3.63, 3.8) is 0 Å². The first-order chi connectivity index (χ1) is 26.3. The minimum atomic E-state index is -0.0524. The van der Waals surface area contributed by atoms with Crippen LogP contribution in [0.3, 0.4) is 0 Å². The van der Waals surface area contributed by atoms with Crippen molar-refractivity contribution in [2.24, 2.45) is 0 Å². The number of rotatable bonds is 9. The summed E-state index contributed by atoms with van der Waals surface area (Å²) in [6.45, 7) is 22.2. The van der Waals surface area contributed by atoms with Crippen LogP contribution in [0.4, 0.5) is 0 Å². The number of fused-ring (bicyclic) bond motifs is 3. The van der Waals surface area contributed by atoms with Gasteiger partial charge in [-0.1, -0.05) is 191 Å². The zero-order chi connectivity index (χ0) is 38.2. The van der Waals surface area contributed by atoms with Gasteiger partial charge in [0.1, 0.15) is 0 Å². The Morgan fingerprint density at radius 2 is 1.63 bits per heavy atom. The maximum absolute atomic E-state index is 4.41. The molecule has 2 heteroatoms. The lowest BCUT2D eigenvalue weighted by atomic mass is 9.31. The summed E-state index contributed by atoms with van der Waals surface area (Å²) in [5.41, 5.74) is 20.7. The molecular weight excluding hydrogens is 646 g/mol. The quantitative estimate of drug-likeness (QED) is 0.0904. The van der Waals surface area contributed by atoms with E-state index < -0.39 is 0 Å². The largest absolute Gasteiger partial charge is 0.240 e. The lowest BCUT2D eigenvalue weighted by Crippen LogP contribution is -2.36. The summed E-state index contributed by atoms with van der Waals surface area (Å²) in [6.07, 6.45) is 25.2. The minimum absolute atomic E-state index is 0.0265. The first-order valence-electron chi connectivity index (χ1n) is 19.4. The van der Waals surface area contributed by atoms with Crippen molar-refractivity contribution in [1.29, 1.82) is 0 Å². The Bertz CT molecular complexity index is 2360. The molecule has 3 aromatic rings. The van der Waals surface area contributed by atoms with Crippen molar-refractivity contribution in [2.75, 3.05) is 0 Å². The highest BCUT2D eigenvalue weighted by atomic mass is 14.4. The molecule has 0 aromatic heterocycles. The van der Waals surface area contributed by atoms with Gasteiger partial charge in [-0.25, -0.2) is 0 Å². The zero-order valence-corrected chi connectivity index (χ0v) is 32.8. The molecule has 1 heterocycles. The first-order valence-corrected chi connectivity index (χ1v) is 19.4. The van der Waals surface area contributed by atoms with Crippen LogP contribution in [0.25, 0.3) is 16.7 Å². The molecule has 0 bridgehead atoms. The van der Waals surface area contributed by atoms with Crippen LogP contribution < -0.4 is 5.46 Å². The third kappa shape index (κ3) is 7.80. The number of allylic oxidation sites excluding steroid dienone is 18. The van der Waals surface area contributed by atoms with Crippen molar-refractivity contribution in [1.82, 2.24) is 0 Å². The van der Waals surface area contributed by atoms with Gasteiger partial charge in [-0.05, 0) is 98.8 Å². The van der Waals surface area contributed by atoms with Gasteiger partial charge in [0.15, 0.2) is 6.71 Å². The van der Waals surface area contributed by atoms with Crippen LogP contribution in [0.1, 0.15) is 57.7 Å². The Labute approximate surface area is 325 Å². The van der Waals surface area contributed by atoms with E-state index >= 15 is 0 Å². The summed E-state index contributed by atoms with van der Waals surface area (Å²) in [5, 5.41) is 0. The van der Waals surface area contributed by atoms with Crippen molar-refractivity contribution in [2.45, 2.75) is 59.6 Å². The van der Waals surface area contributed by atoms with Gasteiger partial charge in [-0.2, -0.15) is 0 Å². The van der Waals surface area contributed by atoms with E-state index in [1.54, 1.807) is 0 Å². The summed E-state index contributed by atoms with van der Waals surface area (Å²) in [7, 11) is 0. The highest BCUT2D eigenvalue weighted by molar-refractivity contribution is 6.88. The van der Waals surface area contributed by atoms with E-state index in [0.717, 1.165) is 22.9 Å². The molecule has 0 N–H and O–H groups in total. The Balaban J connectivity index is 0.00000245. The lowest BCUT2D eigenvalue weighted by Gasteiger charge is -2.26. The van der Waals surface area contributed by atoms with Crippen molar-refractivity contribution >= 4 is 24.5 Å². The van der Waals surface area contributed by atoms with Gasteiger partial charge in [0.25, 0.3) is 0 Å². The third-order valence-corrected chi connectivity index (χ3v) is 10.8. The van der Waals surface area contributed by atoms with Gasteiger partial charge in [0, 0.05) is 11.8 Å². The van der Waals surface area contributed by atoms with E-state index in [9.17, 15) is 0 Å². The average molecular weight is 697 g/mol. The summed E-state index contributed by atoms with van der Waals surface area (Å²) in [5.74, 6) is 9.06. The SMILES string of the molecule is C=C/C(=C\C=C(/C=C)C1=CC#CCC(c2ccccc2)=C1)B(C1=CB(C)CC(C2=C(C)C=C=CC=C2)=C1)c1ccc2c(c1)-c1ccccc1C2(C)C.CC. The summed E-state index contributed by atoms with van der Waals surface area (Å²) in [6, 6.07) is 26.6. The van der Waals surface area contributed by atoms with Crippen LogP contribution >= 0.6 is 0 Å². The average Bonchev–Trinajstić information content (AvgIpc) is 3.45. The van der Waals surface area contributed by atoms with Crippen molar-refractivity contribution in [3.8, 4) is 23.0 Å². The maximum atomic E-state index is 4.41. The van der Waals surface area contributed by atoms with Crippen LogP contribution in [-0.4, -0.2) is 13.4 Å². The Morgan fingerprint density at radius 1 is 0.870 bits per heavy atom. The van der Waals surface area contributed by atoms with Gasteiger partial charge in [-0.3, -0.25) is 0 Å². The predicted molar refractivity (Wildman–Crippen MR) is 239 cm³/mol. The second-order valence-corrected chi connectivity index (χ2v) is 14.7. The van der Waals surface area contributed by atoms with E-state index in [2.05, 4.69) is 180 Å². The molecule has 0 nitrogen and oxygen atoms in total. The molecule has 0 atom stereocenters. The second-order valence-electron chi connectivity index (χ2n) is 14.7. The monoisotopic (exact) mass is 696 g/mol. The van der Waals surface area contributed by atoms with Gasteiger partial charge in [0.2, 0.25) is 6.71 Å². The molecule has 7 rings (SSSR count). The van der Waals surface area contributed by atoms with Gasteiger partial charge < -0.3 is 0 Å². The van der Waals surface area contributed by atoms with Crippen LogP contribution in [0, 0.1) is 11.8 Å². The molecule has 0 fully saturated rings. The summed E-state index contributed by atoms with van der Waals surface area (Å²) in [4.78, 5) is 0. The molecule has 4 aliphatic rings. The number of hydrogen-bond acceptors (Lipinski definition) is 0. The Kier molecular flexibility index (Phi) is 11.9. The molecule has 264 valence electrons. The molecule has 0 saturated heterocycles. The molecule has 0 unspecified atom stereocenters. The van der Waals surface area contributed by atoms with Crippen LogP contribution in [0.15, 0.2) is 203 Å². The number of hydrogen-bond donors (Lipinski definition) is 0. The smallest absolute Gasteiger partial charge is 0.121 e. The van der Waals surface area contributed by atoms with E-state index in [-0.39, 0.29) is 12.1 Å². The van der Waals surface area contributed by atoms with Gasteiger partial charge >= 0.3 is 0 Å². The van der Waals surface area contributed by atoms with E-state index in [1.165, 1.54) is 61.0 Å². The van der Waals surface area contributed by atoms with Crippen LogP contribution in [0.2, 0.25) is 13.1 Å². The zero-order valence-electron chi connectivity index (χ0n) is 32.8. The highest BCUT2D eigenvalue weighted by Crippen LogP contribution is 2.48. The lowest BCUT2D eigenvalue weighted by molar-refractivity contribution is 0.660. The number of benzene rings is 3. The minimum Gasteiger partial charge on any atom is -0.121 e. The highest BCUT2D eigenvalue weighted by Gasteiger charge is 2.36. The fourth-order valence-corrected chi connectivity index (χ4v) is 8.16. The molecular formula is C52H50B2. The first kappa shape index (κ1) is 38.0. The Morgan fingerprint density at radius 3 is 2.41 bits per heavy atom. The molecule has 0 saturated carbocycles. The normalized spacial score (nSPS) is 16.9. The van der Waals surface area contributed by atoms with E-state index in [1.807, 2.05) is 38.2 Å². The van der Waals surface area contributed by atoms with Crippen LogP contribution in [0.5, 0.6) is 0 Å². The molecule has 1 aliphatic heterocycles. The predicted octanol–water partition coefficient (Wildman–Crippen LogP) is 12.6. The second kappa shape index (κ2) is 16.9. The fourth-order valence-electron chi connectivity index (χ4n) is 8.16. The van der Waals surface area contributed by atoms with Crippen molar-refractivity contribution < 1.29 is 0 Å². The summed E-state index contributed by atoms with van der Waals surface area (Å²) >= 11 is 0. The molecule has 3 aliphatic carbocycles. The molecule has 0 spiro atoms. The Hall–Kier alpha value is -5.73. The third-order valence-electron chi connectivity index (χ3n) is 10.8. The van der Waals surface area contributed by atoms with Gasteiger partial charge in [0.05, 0.1) is 0 Å². The molecule has 3 aromatic carbocycles. The molecule has 54 heavy (non-hydrogen) atoms. The fraction of sp³-hybridized carbons (Fsp3) is 0.173.